The predicted molar refractivity (Wildman–Crippen MR) is 89.5 cm³/mol. The van der Waals surface area contributed by atoms with Crippen LogP contribution in [0.2, 0.25) is 0 Å². The number of nitrogens with zero attached hydrogens (tertiary/aromatic N) is 3. The van der Waals surface area contributed by atoms with Gasteiger partial charge in [0.25, 0.3) is 5.91 Å². The van der Waals surface area contributed by atoms with Crippen molar-refractivity contribution in [3.63, 3.8) is 0 Å². The van der Waals surface area contributed by atoms with Crippen LogP contribution in [0.15, 0.2) is 36.2 Å². The molecule has 1 aromatic heterocycles. The van der Waals surface area contributed by atoms with Crippen molar-refractivity contribution < 1.29 is 14.3 Å². The van der Waals surface area contributed by atoms with Gasteiger partial charge >= 0.3 is 0 Å². The summed E-state index contributed by atoms with van der Waals surface area (Å²) in [5.41, 5.74) is 1.76. The smallest absolute Gasteiger partial charge is 0.255 e. The summed E-state index contributed by atoms with van der Waals surface area (Å²) >= 11 is 0. The molecule has 0 atom stereocenters. The van der Waals surface area contributed by atoms with Gasteiger partial charge in [-0.3, -0.25) is 14.6 Å². The number of ether oxygens (including phenoxy) is 1. The molecular formula is C18H23N3O3. The van der Waals surface area contributed by atoms with E-state index in [1.807, 2.05) is 9.80 Å². The molecule has 0 spiro atoms. The van der Waals surface area contributed by atoms with Crippen molar-refractivity contribution in [3.8, 4) is 0 Å². The standard InChI is InChI=1S/C18H23N3O3/c22-17(13-15-4-11-24-12-5-15)20-7-2-8-21(10-9-20)18(23)16-3-1-6-19-14-16/h1,3,6,13-14H,2,4-5,7-12H2. The third-order valence-electron chi connectivity index (χ3n) is 4.47. The molecule has 0 saturated carbocycles. The zero-order valence-corrected chi connectivity index (χ0v) is 13.8. The molecule has 0 bridgehead atoms. The molecule has 0 aliphatic carbocycles. The van der Waals surface area contributed by atoms with Crippen LogP contribution >= 0.6 is 0 Å². The Hall–Kier alpha value is -2.21. The van der Waals surface area contributed by atoms with Crippen molar-refractivity contribution in [2.75, 3.05) is 39.4 Å². The second kappa shape index (κ2) is 8.06. The Morgan fingerprint density at radius 3 is 2.58 bits per heavy atom. The summed E-state index contributed by atoms with van der Waals surface area (Å²) in [5.74, 6) is 0.0442. The Balaban J connectivity index is 1.58. The number of hydrogen-bond donors (Lipinski definition) is 0. The molecule has 2 amide bonds. The van der Waals surface area contributed by atoms with Crippen molar-refractivity contribution in [3.05, 3.63) is 41.7 Å². The van der Waals surface area contributed by atoms with Gasteiger partial charge in [-0.15, -0.1) is 0 Å². The maximum Gasteiger partial charge on any atom is 0.255 e. The van der Waals surface area contributed by atoms with E-state index in [0.29, 0.717) is 45.0 Å². The third-order valence-corrected chi connectivity index (χ3v) is 4.47. The second-order valence-corrected chi connectivity index (χ2v) is 6.13. The Morgan fingerprint density at radius 2 is 1.83 bits per heavy atom. The minimum absolute atomic E-state index is 0.0137. The zero-order valence-electron chi connectivity index (χ0n) is 13.8. The molecule has 24 heavy (non-hydrogen) atoms. The summed E-state index contributed by atoms with van der Waals surface area (Å²) < 4.78 is 5.31. The lowest BCUT2D eigenvalue weighted by molar-refractivity contribution is -0.126. The highest BCUT2D eigenvalue weighted by Gasteiger charge is 2.22. The molecule has 2 aliphatic rings. The molecule has 0 aromatic carbocycles. The number of hydrogen-bond acceptors (Lipinski definition) is 4. The van der Waals surface area contributed by atoms with Gasteiger partial charge in [0.05, 0.1) is 18.8 Å². The SMILES string of the molecule is O=C(C=C1CCOCC1)N1CCCN(C(=O)c2cccnc2)CC1. The quantitative estimate of drug-likeness (QED) is 0.771. The fourth-order valence-corrected chi connectivity index (χ4v) is 3.06. The van der Waals surface area contributed by atoms with Gasteiger partial charge in [0.15, 0.2) is 0 Å². The molecule has 128 valence electrons. The summed E-state index contributed by atoms with van der Waals surface area (Å²) in [7, 11) is 0. The van der Waals surface area contributed by atoms with Crippen LogP contribution in [0.5, 0.6) is 0 Å². The van der Waals surface area contributed by atoms with Crippen molar-refractivity contribution in [1.82, 2.24) is 14.8 Å². The van der Waals surface area contributed by atoms with Gasteiger partial charge in [0, 0.05) is 44.6 Å². The normalized spacial score (nSPS) is 18.9. The van der Waals surface area contributed by atoms with E-state index in [0.717, 1.165) is 19.3 Å². The number of aromatic nitrogens is 1. The van der Waals surface area contributed by atoms with Crippen LogP contribution in [0.3, 0.4) is 0 Å². The molecule has 0 N–H and O–H groups in total. The highest BCUT2D eigenvalue weighted by molar-refractivity contribution is 5.94. The van der Waals surface area contributed by atoms with Crippen LogP contribution < -0.4 is 0 Å². The fraction of sp³-hybridized carbons (Fsp3) is 0.500. The van der Waals surface area contributed by atoms with E-state index in [2.05, 4.69) is 4.98 Å². The predicted octanol–water partition coefficient (Wildman–Crippen LogP) is 1.49. The lowest BCUT2D eigenvalue weighted by Gasteiger charge is -2.22. The van der Waals surface area contributed by atoms with E-state index in [9.17, 15) is 9.59 Å². The summed E-state index contributed by atoms with van der Waals surface area (Å²) in [6.07, 6.45) is 7.48. The number of amides is 2. The zero-order chi connectivity index (χ0) is 16.8. The fourth-order valence-electron chi connectivity index (χ4n) is 3.06. The summed E-state index contributed by atoms with van der Waals surface area (Å²) in [4.78, 5) is 32.6. The average Bonchev–Trinajstić information content (AvgIpc) is 2.89. The van der Waals surface area contributed by atoms with Crippen LogP contribution in [0.4, 0.5) is 0 Å². The molecule has 0 radical (unpaired) electrons. The van der Waals surface area contributed by atoms with Gasteiger partial charge in [0.2, 0.25) is 5.91 Å². The number of rotatable bonds is 2. The summed E-state index contributed by atoms with van der Waals surface area (Å²) in [5, 5.41) is 0. The van der Waals surface area contributed by atoms with Gasteiger partial charge in [-0.05, 0) is 31.4 Å². The number of carbonyl (C=O) groups excluding carboxylic acids is 2. The molecule has 6 nitrogen and oxygen atoms in total. The van der Waals surface area contributed by atoms with E-state index >= 15 is 0 Å². The molecule has 3 heterocycles. The molecule has 0 unspecified atom stereocenters. The molecule has 1 aromatic rings. The number of carbonyl (C=O) groups is 2. The van der Waals surface area contributed by atoms with Crippen LogP contribution in [0.25, 0.3) is 0 Å². The number of pyridine rings is 1. The van der Waals surface area contributed by atoms with E-state index in [4.69, 9.17) is 4.74 Å². The molecule has 2 fully saturated rings. The van der Waals surface area contributed by atoms with E-state index in [1.165, 1.54) is 5.57 Å². The van der Waals surface area contributed by atoms with E-state index in [-0.39, 0.29) is 11.8 Å². The van der Waals surface area contributed by atoms with Crippen molar-refractivity contribution in [2.45, 2.75) is 19.3 Å². The topological polar surface area (TPSA) is 62.7 Å². The average molecular weight is 329 g/mol. The lowest BCUT2D eigenvalue weighted by atomic mass is 10.1. The Labute approximate surface area is 142 Å². The van der Waals surface area contributed by atoms with Gasteiger partial charge < -0.3 is 14.5 Å². The minimum Gasteiger partial charge on any atom is -0.381 e. The first-order valence-corrected chi connectivity index (χ1v) is 8.49. The van der Waals surface area contributed by atoms with Crippen LogP contribution in [0, 0.1) is 0 Å². The summed E-state index contributed by atoms with van der Waals surface area (Å²) in [6, 6.07) is 3.54. The van der Waals surface area contributed by atoms with Gasteiger partial charge in [-0.2, -0.15) is 0 Å². The first kappa shape index (κ1) is 16.6. The Bertz CT molecular complexity index is 607. The van der Waals surface area contributed by atoms with Crippen molar-refractivity contribution in [1.29, 1.82) is 0 Å². The van der Waals surface area contributed by atoms with E-state index < -0.39 is 0 Å². The molecule has 2 saturated heterocycles. The first-order chi connectivity index (χ1) is 11.7. The molecule has 6 heteroatoms. The minimum atomic E-state index is -0.0137. The molecule has 2 aliphatic heterocycles. The van der Waals surface area contributed by atoms with Gasteiger partial charge in [0.1, 0.15) is 0 Å². The van der Waals surface area contributed by atoms with E-state index in [1.54, 1.807) is 30.6 Å². The lowest BCUT2D eigenvalue weighted by Crippen LogP contribution is -2.37. The highest BCUT2D eigenvalue weighted by atomic mass is 16.5. The highest BCUT2D eigenvalue weighted by Crippen LogP contribution is 2.15. The van der Waals surface area contributed by atoms with Crippen molar-refractivity contribution >= 4 is 11.8 Å². The Morgan fingerprint density at radius 1 is 1.08 bits per heavy atom. The maximum absolute atomic E-state index is 12.5. The van der Waals surface area contributed by atoms with Gasteiger partial charge in [-0.1, -0.05) is 5.57 Å². The van der Waals surface area contributed by atoms with Crippen LogP contribution in [0.1, 0.15) is 29.6 Å². The monoisotopic (exact) mass is 329 g/mol. The first-order valence-electron chi connectivity index (χ1n) is 8.49. The van der Waals surface area contributed by atoms with Crippen LogP contribution in [-0.2, 0) is 9.53 Å². The van der Waals surface area contributed by atoms with Crippen molar-refractivity contribution in [2.24, 2.45) is 0 Å². The second-order valence-electron chi connectivity index (χ2n) is 6.13. The molecule has 3 rings (SSSR count). The summed E-state index contributed by atoms with van der Waals surface area (Å²) in [6.45, 7) is 3.90. The maximum atomic E-state index is 12.5. The Kier molecular flexibility index (Phi) is 5.59. The molecular weight excluding hydrogens is 306 g/mol. The van der Waals surface area contributed by atoms with Gasteiger partial charge in [-0.25, -0.2) is 0 Å². The third kappa shape index (κ3) is 4.20. The largest absolute Gasteiger partial charge is 0.381 e. The van der Waals surface area contributed by atoms with Crippen LogP contribution in [-0.4, -0.2) is 66.0 Å².